The van der Waals surface area contributed by atoms with Crippen molar-refractivity contribution >= 4 is 46.1 Å². The number of ether oxygens (including phenoxy) is 1. The van der Waals surface area contributed by atoms with Crippen LogP contribution in [-0.2, 0) is 14.3 Å². The van der Waals surface area contributed by atoms with Crippen LogP contribution in [0.2, 0.25) is 0 Å². The van der Waals surface area contributed by atoms with Gasteiger partial charge >= 0.3 is 5.97 Å². The summed E-state index contributed by atoms with van der Waals surface area (Å²) in [4.78, 5) is 43.8. The molecule has 0 unspecified atom stereocenters. The lowest BCUT2D eigenvalue weighted by atomic mass is 10.1. The highest BCUT2D eigenvalue weighted by atomic mass is 32.2. The lowest BCUT2D eigenvalue weighted by Gasteiger charge is -2.07. The number of fused-ring (bicyclic) bond motifs is 1. The highest BCUT2D eigenvalue weighted by Crippen LogP contribution is 2.18. The second-order valence-corrected chi connectivity index (χ2v) is 6.83. The number of thioether (sulfide) groups is 1. The average molecular weight is 395 g/mol. The second kappa shape index (κ2) is 9.09. The smallest absolute Gasteiger partial charge is 0.316 e. The second-order valence-electron chi connectivity index (χ2n) is 5.83. The van der Waals surface area contributed by atoms with E-state index < -0.39 is 18.5 Å². The van der Waals surface area contributed by atoms with Gasteiger partial charge in [0.25, 0.3) is 5.91 Å². The van der Waals surface area contributed by atoms with E-state index in [2.05, 4.69) is 15.3 Å². The Hall–Kier alpha value is -3.26. The molecule has 7 nitrogen and oxygen atoms in total. The number of esters is 1. The van der Waals surface area contributed by atoms with Gasteiger partial charge in [-0.15, -0.1) is 0 Å². The number of rotatable bonds is 7. The minimum atomic E-state index is -0.535. The summed E-state index contributed by atoms with van der Waals surface area (Å²) in [6.45, 7) is 1.04. The summed E-state index contributed by atoms with van der Waals surface area (Å²) in [5, 5.41) is 3.19. The summed E-state index contributed by atoms with van der Waals surface area (Å²) >= 11 is 1.19. The number of anilines is 1. The molecule has 0 spiro atoms. The Labute approximate surface area is 165 Å². The Morgan fingerprint density at radius 2 is 1.86 bits per heavy atom. The molecule has 1 amide bonds. The number of aromatic nitrogens is 2. The monoisotopic (exact) mass is 395 g/mol. The summed E-state index contributed by atoms with van der Waals surface area (Å²) < 4.78 is 4.98. The van der Waals surface area contributed by atoms with Crippen LogP contribution in [0.15, 0.2) is 59.8 Å². The normalized spacial score (nSPS) is 10.5. The van der Waals surface area contributed by atoms with Gasteiger partial charge in [0.15, 0.2) is 12.4 Å². The molecule has 1 aromatic heterocycles. The first-order valence-corrected chi connectivity index (χ1v) is 9.41. The van der Waals surface area contributed by atoms with Crippen molar-refractivity contribution in [2.24, 2.45) is 0 Å². The largest absolute Gasteiger partial charge is 0.455 e. The fourth-order valence-electron chi connectivity index (χ4n) is 2.34. The van der Waals surface area contributed by atoms with E-state index in [1.807, 2.05) is 24.3 Å². The zero-order valence-electron chi connectivity index (χ0n) is 15.0. The van der Waals surface area contributed by atoms with Gasteiger partial charge in [0.1, 0.15) is 5.03 Å². The lowest BCUT2D eigenvalue weighted by Crippen LogP contribution is -2.21. The van der Waals surface area contributed by atoms with Crippen LogP contribution >= 0.6 is 11.8 Å². The van der Waals surface area contributed by atoms with Crippen LogP contribution in [0, 0.1) is 0 Å². The topological polar surface area (TPSA) is 98.2 Å². The molecule has 3 rings (SSSR count). The Bertz CT molecular complexity index is 1040. The maximum Gasteiger partial charge on any atom is 0.316 e. The van der Waals surface area contributed by atoms with E-state index in [1.54, 1.807) is 30.5 Å². The van der Waals surface area contributed by atoms with E-state index in [1.165, 1.54) is 18.7 Å². The number of carbonyl (C=O) groups excluding carboxylic acids is 3. The molecule has 0 bridgehead atoms. The van der Waals surface area contributed by atoms with Gasteiger partial charge < -0.3 is 10.1 Å². The van der Waals surface area contributed by atoms with Gasteiger partial charge in [0, 0.05) is 11.3 Å². The van der Waals surface area contributed by atoms with E-state index in [9.17, 15) is 14.4 Å². The van der Waals surface area contributed by atoms with E-state index in [0.717, 1.165) is 11.0 Å². The van der Waals surface area contributed by atoms with Crippen molar-refractivity contribution in [2.45, 2.75) is 11.9 Å². The highest BCUT2D eigenvalue weighted by molar-refractivity contribution is 7.99. The molecule has 28 heavy (non-hydrogen) atoms. The molecule has 2 aromatic carbocycles. The molecule has 1 N–H and O–H groups in total. The van der Waals surface area contributed by atoms with Gasteiger partial charge in [-0.05, 0) is 31.2 Å². The van der Waals surface area contributed by atoms with E-state index in [4.69, 9.17) is 4.74 Å². The minimum absolute atomic E-state index is 0.0140. The maximum absolute atomic E-state index is 11.9. The van der Waals surface area contributed by atoms with Crippen molar-refractivity contribution in [2.75, 3.05) is 17.7 Å². The molecule has 1 heterocycles. The standard InChI is InChI=1S/C20H17N3O4S/c1-13(24)14-5-4-6-15(9-14)22-18(25)11-27-20(26)12-28-19-10-21-16-7-2-3-8-17(16)23-19/h2-10H,11-12H2,1H3,(H,22,25). The SMILES string of the molecule is CC(=O)c1cccc(NC(=O)COC(=O)CSc2cnc3ccccc3n2)c1. The molecule has 0 radical (unpaired) electrons. The van der Waals surface area contributed by atoms with Gasteiger partial charge in [0.2, 0.25) is 0 Å². The number of ketones is 1. The van der Waals surface area contributed by atoms with Crippen molar-refractivity contribution in [3.05, 3.63) is 60.3 Å². The number of para-hydroxylation sites is 2. The predicted molar refractivity (Wildman–Crippen MR) is 106 cm³/mol. The number of benzene rings is 2. The van der Waals surface area contributed by atoms with Crippen molar-refractivity contribution in [3.8, 4) is 0 Å². The average Bonchev–Trinajstić information content (AvgIpc) is 2.70. The Morgan fingerprint density at radius 1 is 1.07 bits per heavy atom. The quantitative estimate of drug-likeness (QED) is 0.373. The van der Waals surface area contributed by atoms with E-state index in [-0.39, 0.29) is 11.5 Å². The summed E-state index contributed by atoms with van der Waals surface area (Å²) in [6.07, 6.45) is 1.59. The van der Waals surface area contributed by atoms with E-state index >= 15 is 0 Å². The first-order chi connectivity index (χ1) is 13.5. The molecule has 142 valence electrons. The molecule has 0 fully saturated rings. The number of nitrogens with one attached hydrogen (secondary N) is 1. The van der Waals surface area contributed by atoms with Gasteiger partial charge in [-0.3, -0.25) is 19.4 Å². The van der Waals surface area contributed by atoms with Crippen molar-refractivity contribution in [3.63, 3.8) is 0 Å². The third-order valence-corrected chi connectivity index (χ3v) is 4.55. The van der Waals surface area contributed by atoms with Crippen LogP contribution in [0.5, 0.6) is 0 Å². The molecular formula is C20H17N3O4S. The number of nitrogens with zero attached hydrogens (tertiary/aromatic N) is 2. The van der Waals surface area contributed by atoms with Crippen LogP contribution in [0.3, 0.4) is 0 Å². The molecule has 0 aliphatic rings. The molecule has 3 aromatic rings. The summed E-state index contributed by atoms with van der Waals surface area (Å²) in [5.74, 6) is -1.10. The van der Waals surface area contributed by atoms with E-state index in [0.29, 0.717) is 16.3 Å². The van der Waals surface area contributed by atoms with Crippen LogP contribution < -0.4 is 5.32 Å². The van der Waals surface area contributed by atoms with Crippen molar-refractivity contribution in [1.29, 1.82) is 0 Å². The molecule has 0 aliphatic carbocycles. The number of carbonyl (C=O) groups is 3. The van der Waals surface area contributed by atoms with Crippen molar-refractivity contribution in [1.82, 2.24) is 9.97 Å². The first kappa shape index (κ1) is 19.5. The van der Waals surface area contributed by atoms with Crippen LogP contribution in [0.25, 0.3) is 11.0 Å². The van der Waals surface area contributed by atoms with Gasteiger partial charge in [-0.1, -0.05) is 36.0 Å². The maximum atomic E-state index is 11.9. The highest BCUT2D eigenvalue weighted by Gasteiger charge is 2.10. The molecule has 0 saturated carbocycles. The van der Waals surface area contributed by atoms with Gasteiger partial charge in [-0.2, -0.15) is 0 Å². The summed E-state index contributed by atoms with van der Waals surface area (Å²) in [5.41, 5.74) is 2.48. The number of hydrogen-bond donors (Lipinski definition) is 1. The lowest BCUT2D eigenvalue weighted by molar-refractivity contribution is -0.144. The van der Waals surface area contributed by atoms with Crippen LogP contribution in [0.1, 0.15) is 17.3 Å². The third kappa shape index (κ3) is 5.37. The molecular weight excluding hydrogens is 378 g/mol. The van der Waals surface area contributed by atoms with Crippen LogP contribution in [-0.4, -0.2) is 40.0 Å². The predicted octanol–water partition coefficient (Wildman–Crippen LogP) is 3.11. The minimum Gasteiger partial charge on any atom is -0.455 e. The summed E-state index contributed by atoms with van der Waals surface area (Å²) in [7, 11) is 0. The number of amides is 1. The third-order valence-electron chi connectivity index (χ3n) is 3.68. The van der Waals surface area contributed by atoms with Crippen molar-refractivity contribution < 1.29 is 19.1 Å². The first-order valence-electron chi connectivity index (χ1n) is 8.42. The number of hydrogen-bond acceptors (Lipinski definition) is 7. The fraction of sp³-hybridized carbons (Fsp3) is 0.150. The molecule has 0 aliphatic heterocycles. The summed E-state index contributed by atoms with van der Waals surface area (Å²) in [6, 6.07) is 14.0. The zero-order valence-corrected chi connectivity index (χ0v) is 15.9. The molecule has 0 atom stereocenters. The zero-order chi connectivity index (χ0) is 19.9. The molecule has 8 heteroatoms. The molecule has 0 saturated heterocycles. The Balaban J connectivity index is 1.46. The van der Waals surface area contributed by atoms with Gasteiger partial charge in [-0.25, -0.2) is 4.98 Å². The van der Waals surface area contributed by atoms with Gasteiger partial charge in [0.05, 0.1) is 23.0 Å². The Morgan fingerprint density at radius 3 is 2.64 bits per heavy atom. The Kier molecular flexibility index (Phi) is 6.33. The fourth-order valence-corrected chi connectivity index (χ4v) is 2.98. The number of Topliss-reactive ketones (excluding diaryl/α,β-unsaturated/α-hetero) is 1. The van der Waals surface area contributed by atoms with Crippen LogP contribution in [0.4, 0.5) is 5.69 Å².